The fraction of sp³-hybridized carbons (Fsp3) is 0.814. The summed E-state index contributed by atoms with van der Waals surface area (Å²) in [6.07, 6.45) is 2.96. The monoisotopic (exact) mass is 1370 g/mol. The molecule has 1 unspecified atom stereocenters. The lowest BCUT2D eigenvalue weighted by Gasteiger charge is -2.42. The predicted octanol–water partition coefficient (Wildman–Crippen LogP) is 3.94. The number of amides is 11. The van der Waals surface area contributed by atoms with Gasteiger partial charge in [-0.1, -0.05) is 95.2 Å². The number of likely N-dealkylation sites (N-methyl/N-ethyl adjacent to an activating group) is 7. The number of thioether (sulfide) groups is 1. The number of rotatable bonds is 18. The number of morpholine rings is 1. The van der Waals surface area contributed by atoms with Crippen LogP contribution in [0.2, 0.25) is 0 Å². The van der Waals surface area contributed by atoms with Crippen molar-refractivity contribution in [1.29, 1.82) is 0 Å². The topological polar surface area (TPSA) is 282 Å². The number of aliphatic hydroxyl groups is 1. The molecule has 3 aliphatic heterocycles. The van der Waals surface area contributed by atoms with E-state index in [0.717, 1.165) is 4.90 Å². The molecule has 0 saturated carbocycles. The van der Waals surface area contributed by atoms with E-state index in [-0.39, 0.29) is 55.6 Å². The van der Waals surface area contributed by atoms with Crippen molar-refractivity contribution >= 4 is 76.7 Å². The highest BCUT2D eigenvalue weighted by atomic mass is 32.2. The van der Waals surface area contributed by atoms with Gasteiger partial charge in [0.15, 0.2) is 0 Å². The van der Waals surface area contributed by atoms with E-state index in [1.807, 2.05) is 68.4 Å². The summed E-state index contributed by atoms with van der Waals surface area (Å²) in [6.45, 7) is 35.5. The molecule has 3 saturated heterocycles. The summed E-state index contributed by atoms with van der Waals surface area (Å²) in [5.41, 5.74) is 0. The van der Waals surface area contributed by atoms with E-state index in [1.54, 1.807) is 54.5 Å². The molecule has 3 fully saturated rings. The van der Waals surface area contributed by atoms with Gasteiger partial charge in [0, 0.05) is 85.5 Å². The number of carbonyl (C=O) groups is 11. The first-order valence-electron chi connectivity index (χ1n) is 34.8. The summed E-state index contributed by atoms with van der Waals surface area (Å²) >= 11 is 1.47. The third-order valence-corrected chi connectivity index (χ3v) is 20.7. The van der Waals surface area contributed by atoms with Crippen molar-refractivity contribution in [3.05, 3.63) is 12.2 Å². The number of aliphatic hydroxyl groups excluding tert-OH is 1. The minimum absolute atomic E-state index is 0.00114. The maximum atomic E-state index is 15.6. The molecule has 0 aromatic heterocycles. The maximum Gasteiger partial charge on any atom is 0.246 e. The average Bonchev–Trinajstić information content (AvgIpc) is 1.48. The Bertz CT molecular complexity index is 2710. The molecular formula is C70H124N12O13S. The fourth-order valence-electron chi connectivity index (χ4n) is 13.3. The minimum atomic E-state index is -1.64. The molecule has 25 nitrogen and oxygen atoms in total. The van der Waals surface area contributed by atoms with Crippen LogP contribution < -0.4 is 16.0 Å². The van der Waals surface area contributed by atoms with Gasteiger partial charge in [0.05, 0.1) is 19.3 Å². The van der Waals surface area contributed by atoms with Crippen LogP contribution >= 0.6 is 11.8 Å². The first-order valence-corrected chi connectivity index (χ1v) is 35.8. The van der Waals surface area contributed by atoms with Crippen molar-refractivity contribution in [2.75, 3.05) is 87.9 Å². The van der Waals surface area contributed by atoms with Crippen LogP contribution in [-0.4, -0.2) is 285 Å². The van der Waals surface area contributed by atoms with Gasteiger partial charge in [-0.2, -0.15) is 11.8 Å². The van der Waals surface area contributed by atoms with Gasteiger partial charge in [-0.3, -0.25) is 57.6 Å². The zero-order valence-corrected chi connectivity index (χ0v) is 63.7. The Kier molecular flexibility index (Phi) is 32.8. The number of fused-ring (bicyclic) bond motifs is 2. The summed E-state index contributed by atoms with van der Waals surface area (Å²) in [5, 5.41) is 21.0. The molecule has 4 N–H and O–H groups in total. The first-order chi connectivity index (χ1) is 44.5. The number of ether oxygens (including phenoxy) is 1. The largest absolute Gasteiger partial charge is 0.390 e. The molecule has 0 aromatic rings. The van der Waals surface area contributed by atoms with Gasteiger partial charge < -0.3 is 65.0 Å². The normalized spacial score (nSPS) is 28.6. The van der Waals surface area contributed by atoms with Gasteiger partial charge in [0.2, 0.25) is 65.0 Å². The standard InChI is InChI=1S/C70H124N12O13S/c1-26-28-29-45(13)58(83)57-61(86)72-49(27-2)63(88)78(23)54(38-96-70(17,18)39-81-30-32-95-33-31-81)66(91)74(19)50(34-40(3)4)60(85)73-55(43(9)10)68(93)77(22)53-37-46(14)82(67(53)92)48(16)59(84)71-47(15)62(87)75(20)51(35-41(5)6)64(89)76(21)52(36-42(7)8)65(90)79(24)56(44(11)12)69(94)80(57)25/h26,28,40-58,83H,27,29-39H2,1-25H3,(H,71,84)(H,72,86)(H,73,85)/b28-26+/t45-,46?,47-,48+,49+,50+,51+,52+,53+,54-,55+,56+,57+,58-/m1/s1. The molecule has 26 heteroatoms. The quantitative estimate of drug-likeness (QED) is 0.142. The Morgan fingerprint density at radius 3 is 1.53 bits per heavy atom. The molecule has 0 spiro atoms. The zero-order valence-electron chi connectivity index (χ0n) is 62.9. The Morgan fingerprint density at radius 1 is 0.552 bits per heavy atom. The van der Waals surface area contributed by atoms with Crippen molar-refractivity contribution in [3.63, 3.8) is 0 Å². The Hall–Kier alpha value is -5.86. The zero-order chi connectivity index (χ0) is 73.5. The maximum absolute atomic E-state index is 15.6. The van der Waals surface area contributed by atoms with Crippen LogP contribution in [0.5, 0.6) is 0 Å². The van der Waals surface area contributed by atoms with Gasteiger partial charge in [0.1, 0.15) is 66.5 Å². The third-order valence-electron chi connectivity index (χ3n) is 19.3. The molecule has 0 aliphatic carbocycles. The lowest BCUT2D eigenvalue weighted by Crippen LogP contribution is -2.64. The number of carbonyl (C=O) groups excluding carboxylic acids is 11. The van der Waals surface area contributed by atoms with Gasteiger partial charge in [-0.25, -0.2) is 0 Å². The van der Waals surface area contributed by atoms with Crippen molar-refractivity contribution in [2.45, 2.75) is 247 Å². The lowest BCUT2D eigenvalue weighted by atomic mass is 9.91. The van der Waals surface area contributed by atoms with Crippen molar-refractivity contribution in [3.8, 4) is 0 Å². The molecule has 548 valence electrons. The number of nitrogens with zero attached hydrogens (tertiary/aromatic N) is 9. The van der Waals surface area contributed by atoms with Crippen molar-refractivity contribution in [2.24, 2.45) is 35.5 Å². The van der Waals surface area contributed by atoms with E-state index >= 15 is 33.6 Å². The minimum Gasteiger partial charge on any atom is -0.390 e. The Balaban J connectivity index is 2.40. The van der Waals surface area contributed by atoms with Crippen LogP contribution in [0, 0.1) is 35.5 Å². The van der Waals surface area contributed by atoms with Crippen LogP contribution in [-0.2, 0) is 57.5 Å². The highest BCUT2D eigenvalue weighted by molar-refractivity contribution is 8.00. The van der Waals surface area contributed by atoms with Crippen LogP contribution in [0.15, 0.2) is 12.2 Å². The molecule has 96 heavy (non-hydrogen) atoms. The lowest BCUT2D eigenvalue weighted by molar-refractivity contribution is -0.157. The van der Waals surface area contributed by atoms with E-state index in [9.17, 15) is 24.3 Å². The molecule has 3 rings (SSSR count). The predicted molar refractivity (Wildman–Crippen MR) is 374 cm³/mol. The fourth-order valence-corrected chi connectivity index (χ4v) is 14.6. The van der Waals surface area contributed by atoms with Gasteiger partial charge in [0.25, 0.3) is 0 Å². The summed E-state index contributed by atoms with van der Waals surface area (Å²) < 4.78 is 5.14. The summed E-state index contributed by atoms with van der Waals surface area (Å²) in [5.74, 6) is -9.29. The van der Waals surface area contributed by atoms with Crippen LogP contribution in [0.4, 0.5) is 0 Å². The van der Waals surface area contributed by atoms with Gasteiger partial charge in [-0.15, -0.1) is 0 Å². The molecule has 3 aliphatic rings. The second kappa shape index (κ2) is 37.4. The molecule has 0 aromatic carbocycles. The molecule has 14 atom stereocenters. The number of allylic oxidation sites excluding steroid dienone is 2. The van der Waals surface area contributed by atoms with Crippen LogP contribution in [0.25, 0.3) is 0 Å². The Labute approximate surface area is 579 Å². The Morgan fingerprint density at radius 2 is 1.03 bits per heavy atom. The SMILES string of the molecule is C/C=C/C[C@@H](C)[C@@H](O)[C@H]1C(=O)N[C@@H](CC)C(=O)N(C)[C@H](CSC(C)(C)CN2CCOCC2)C(=O)N(C)[C@@H](CC(C)C)C(=O)N[C@@H](C(C)C)C(=O)N(C)[C@H]2CC(C)N(C2=O)[C@@H](C)C(=O)N[C@H](C)C(=O)N(C)[C@@H](CC(C)C)C(=O)N(C)[C@@H](CC(C)C)C(=O)N(C)[C@@H](C(C)C)C(=O)N1C. The molecule has 0 radical (unpaired) electrons. The molecule has 3 heterocycles. The number of hydrogen-bond donors (Lipinski definition) is 4. The smallest absolute Gasteiger partial charge is 0.246 e. The average molecular weight is 1370 g/mol. The van der Waals surface area contributed by atoms with E-state index in [4.69, 9.17) is 4.74 Å². The van der Waals surface area contributed by atoms with E-state index in [1.165, 1.54) is 109 Å². The second-order valence-corrected chi connectivity index (χ2v) is 31.6. The van der Waals surface area contributed by atoms with E-state index in [0.29, 0.717) is 39.3 Å². The molecule has 2 bridgehead atoms. The summed E-state index contributed by atoms with van der Waals surface area (Å²) in [6, 6.07) is -14.1. The summed E-state index contributed by atoms with van der Waals surface area (Å²) in [4.78, 5) is 178. The van der Waals surface area contributed by atoms with Crippen molar-refractivity contribution in [1.82, 2.24) is 60.0 Å². The second-order valence-electron chi connectivity index (χ2n) is 29.9. The van der Waals surface area contributed by atoms with Crippen LogP contribution in [0.3, 0.4) is 0 Å². The highest BCUT2D eigenvalue weighted by Crippen LogP contribution is 2.31. The van der Waals surface area contributed by atoms with E-state index in [2.05, 4.69) is 20.9 Å². The van der Waals surface area contributed by atoms with E-state index < -0.39 is 166 Å². The van der Waals surface area contributed by atoms with Gasteiger partial charge in [-0.05, 0) is 116 Å². The number of nitrogens with one attached hydrogen (secondary N) is 3. The van der Waals surface area contributed by atoms with Gasteiger partial charge >= 0.3 is 0 Å². The third kappa shape index (κ3) is 21.8. The number of hydrogen-bond acceptors (Lipinski definition) is 15. The summed E-state index contributed by atoms with van der Waals surface area (Å²) in [7, 11) is 10.2. The molecular weight excluding hydrogens is 1250 g/mol. The first kappa shape index (κ1) is 84.4. The molecule has 11 amide bonds. The van der Waals surface area contributed by atoms with Crippen LogP contribution in [0.1, 0.15) is 163 Å². The highest BCUT2D eigenvalue weighted by Gasteiger charge is 2.49. The van der Waals surface area contributed by atoms with Crippen molar-refractivity contribution < 1.29 is 62.6 Å².